The highest BCUT2D eigenvalue weighted by atomic mass is 79.9. The van der Waals surface area contributed by atoms with Crippen molar-refractivity contribution in [1.29, 1.82) is 0 Å². The van der Waals surface area contributed by atoms with E-state index in [4.69, 9.17) is 10.5 Å². The van der Waals surface area contributed by atoms with E-state index < -0.39 is 0 Å². The van der Waals surface area contributed by atoms with Crippen LogP contribution in [0.5, 0.6) is 5.75 Å². The van der Waals surface area contributed by atoms with Gasteiger partial charge in [0.15, 0.2) is 0 Å². The summed E-state index contributed by atoms with van der Waals surface area (Å²) in [5.41, 5.74) is 8.00. The molecule has 0 unspecified atom stereocenters. The lowest BCUT2D eigenvalue weighted by atomic mass is 10.2. The molecule has 100 valence electrons. The number of hydrogen-bond donors (Lipinski definition) is 1. The number of halogens is 1. The molecule has 0 aliphatic rings. The van der Waals surface area contributed by atoms with Gasteiger partial charge in [-0.2, -0.15) is 0 Å². The Morgan fingerprint density at radius 1 is 1.21 bits per heavy atom. The van der Waals surface area contributed by atoms with Gasteiger partial charge in [0.2, 0.25) is 0 Å². The van der Waals surface area contributed by atoms with Crippen molar-refractivity contribution >= 4 is 27.7 Å². The standard InChI is InChI=1S/C15H16BrNOS/c1-18-15-6-5-13(16)8-12(15)10-19-14-4-2-3-11(7-14)9-17/h2-8H,9-10,17H2,1H3. The van der Waals surface area contributed by atoms with Crippen LogP contribution < -0.4 is 10.5 Å². The summed E-state index contributed by atoms with van der Waals surface area (Å²) < 4.78 is 6.45. The fourth-order valence-electron chi connectivity index (χ4n) is 1.78. The Morgan fingerprint density at radius 2 is 2.05 bits per heavy atom. The predicted octanol–water partition coefficient (Wildman–Crippen LogP) is 4.21. The minimum Gasteiger partial charge on any atom is -0.496 e. The average Bonchev–Trinajstić information content (AvgIpc) is 2.45. The first kappa shape index (κ1) is 14.4. The molecule has 0 heterocycles. The molecule has 0 aliphatic carbocycles. The van der Waals surface area contributed by atoms with Gasteiger partial charge in [-0.25, -0.2) is 0 Å². The number of rotatable bonds is 5. The molecule has 0 atom stereocenters. The Balaban J connectivity index is 2.11. The molecule has 0 saturated carbocycles. The Hall–Kier alpha value is -0.970. The first-order valence-electron chi connectivity index (χ1n) is 5.97. The molecule has 0 spiro atoms. The zero-order valence-corrected chi connectivity index (χ0v) is 13.1. The number of benzene rings is 2. The molecule has 2 aromatic rings. The van der Waals surface area contributed by atoms with E-state index in [2.05, 4.69) is 34.1 Å². The summed E-state index contributed by atoms with van der Waals surface area (Å²) in [5.74, 6) is 1.79. The largest absolute Gasteiger partial charge is 0.496 e. The second-order valence-electron chi connectivity index (χ2n) is 4.10. The van der Waals surface area contributed by atoms with E-state index in [1.54, 1.807) is 18.9 Å². The zero-order chi connectivity index (χ0) is 13.7. The predicted molar refractivity (Wildman–Crippen MR) is 84.6 cm³/mol. The van der Waals surface area contributed by atoms with Crippen LogP contribution in [0, 0.1) is 0 Å². The number of nitrogens with two attached hydrogens (primary N) is 1. The van der Waals surface area contributed by atoms with Gasteiger partial charge in [-0.1, -0.05) is 28.1 Å². The summed E-state index contributed by atoms with van der Waals surface area (Å²) in [5, 5.41) is 0. The molecule has 0 amide bonds. The Bertz CT molecular complexity index is 560. The Kier molecular flexibility index (Phi) is 5.31. The minimum absolute atomic E-state index is 0.578. The first-order valence-corrected chi connectivity index (χ1v) is 7.75. The van der Waals surface area contributed by atoms with Crippen LogP contribution in [-0.4, -0.2) is 7.11 Å². The third-order valence-corrected chi connectivity index (χ3v) is 4.31. The summed E-state index contributed by atoms with van der Waals surface area (Å²) in [7, 11) is 1.70. The third kappa shape index (κ3) is 4.00. The van der Waals surface area contributed by atoms with Gasteiger partial charge in [0.05, 0.1) is 7.11 Å². The summed E-state index contributed by atoms with van der Waals surface area (Å²) >= 11 is 5.28. The topological polar surface area (TPSA) is 35.2 Å². The van der Waals surface area contributed by atoms with Gasteiger partial charge in [0.25, 0.3) is 0 Å². The van der Waals surface area contributed by atoms with E-state index in [0.29, 0.717) is 6.54 Å². The molecule has 2 rings (SSSR count). The van der Waals surface area contributed by atoms with E-state index >= 15 is 0 Å². The van der Waals surface area contributed by atoms with E-state index in [9.17, 15) is 0 Å². The minimum atomic E-state index is 0.578. The fourth-order valence-corrected chi connectivity index (χ4v) is 3.15. The Labute approximate surface area is 126 Å². The van der Waals surface area contributed by atoms with Crippen molar-refractivity contribution in [1.82, 2.24) is 0 Å². The first-order chi connectivity index (χ1) is 9.22. The highest BCUT2D eigenvalue weighted by Gasteiger charge is 2.05. The van der Waals surface area contributed by atoms with Crippen LogP contribution in [0.4, 0.5) is 0 Å². The van der Waals surface area contributed by atoms with Crippen molar-refractivity contribution in [3.05, 3.63) is 58.1 Å². The van der Waals surface area contributed by atoms with Crippen LogP contribution >= 0.6 is 27.7 Å². The monoisotopic (exact) mass is 337 g/mol. The van der Waals surface area contributed by atoms with Crippen LogP contribution in [0.1, 0.15) is 11.1 Å². The van der Waals surface area contributed by atoms with Crippen molar-refractivity contribution in [3.8, 4) is 5.75 Å². The number of methoxy groups -OCH3 is 1. The number of thioether (sulfide) groups is 1. The molecule has 2 aromatic carbocycles. The maximum atomic E-state index is 5.66. The maximum absolute atomic E-state index is 5.66. The van der Waals surface area contributed by atoms with Gasteiger partial charge in [-0.3, -0.25) is 0 Å². The molecule has 0 aromatic heterocycles. The van der Waals surface area contributed by atoms with Crippen molar-refractivity contribution in [2.24, 2.45) is 5.73 Å². The molecular weight excluding hydrogens is 322 g/mol. The third-order valence-electron chi connectivity index (χ3n) is 2.77. The summed E-state index contributed by atoms with van der Waals surface area (Å²) in [6.07, 6.45) is 0. The maximum Gasteiger partial charge on any atom is 0.122 e. The van der Waals surface area contributed by atoms with Crippen LogP contribution in [-0.2, 0) is 12.3 Å². The van der Waals surface area contributed by atoms with Crippen molar-refractivity contribution in [3.63, 3.8) is 0 Å². The molecule has 0 bridgehead atoms. The summed E-state index contributed by atoms with van der Waals surface area (Å²) in [6, 6.07) is 14.4. The molecular formula is C15H16BrNOS. The second-order valence-corrected chi connectivity index (χ2v) is 6.06. The lowest BCUT2D eigenvalue weighted by molar-refractivity contribution is 0.411. The zero-order valence-electron chi connectivity index (χ0n) is 10.7. The quantitative estimate of drug-likeness (QED) is 0.830. The molecule has 19 heavy (non-hydrogen) atoms. The molecule has 0 aliphatic heterocycles. The smallest absolute Gasteiger partial charge is 0.122 e. The summed E-state index contributed by atoms with van der Waals surface area (Å²) in [6.45, 7) is 0.578. The highest BCUT2D eigenvalue weighted by Crippen LogP contribution is 2.30. The van der Waals surface area contributed by atoms with Gasteiger partial charge in [-0.05, 0) is 35.9 Å². The second kappa shape index (κ2) is 6.98. The highest BCUT2D eigenvalue weighted by molar-refractivity contribution is 9.10. The average molecular weight is 338 g/mol. The summed E-state index contributed by atoms with van der Waals surface area (Å²) in [4.78, 5) is 1.23. The van der Waals surface area contributed by atoms with E-state index in [0.717, 1.165) is 21.5 Å². The number of hydrogen-bond acceptors (Lipinski definition) is 3. The van der Waals surface area contributed by atoms with Gasteiger partial charge < -0.3 is 10.5 Å². The molecule has 4 heteroatoms. The molecule has 2 nitrogen and oxygen atoms in total. The number of ether oxygens (including phenoxy) is 1. The van der Waals surface area contributed by atoms with Crippen LogP contribution in [0.15, 0.2) is 51.8 Å². The molecule has 0 fully saturated rings. The van der Waals surface area contributed by atoms with Crippen molar-refractivity contribution < 1.29 is 4.74 Å². The lowest BCUT2D eigenvalue weighted by Gasteiger charge is -2.09. The molecule has 0 saturated heterocycles. The molecule has 2 N–H and O–H groups in total. The van der Waals surface area contributed by atoms with Crippen molar-refractivity contribution in [2.45, 2.75) is 17.2 Å². The van der Waals surface area contributed by atoms with Crippen molar-refractivity contribution in [2.75, 3.05) is 7.11 Å². The molecule has 0 radical (unpaired) electrons. The Morgan fingerprint density at radius 3 is 2.79 bits per heavy atom. The van der Waals surface area contributed by atoms with E-state index in [1.807, 2.05) is 24.3 Å². The van der Waals surface area contributed by atoms with Gasteiger partial charge in [0.1, 0.15) is 5.75 Å². The van der Waals surface area contributed by atoms with Crippen LogP contribution in [0.2, 0.25) is 0 Å². The van der Waals surface area contributed by atoms with Crippen LogP contribution in [0.3, 0.4) is 0 Å². The van der Waals surface area contributed by atoms with Gasteiger partial charge in [0, 0.05) is 27.2 Å². The lowest BCUT2D eigenvalue weighted by Crippen LogP contribution is -1.95. The SMILES string of the molecule is COc1ccc(Br)cc1CSc1cccc(CN)c1. The van der Waals surface area contributed by atoms with E-state index in [-0.39, 0.29) is 0 Å². The normalized spacial score (nSPS) is 10.5. The van der Waals surface area contributed by atoms with Gasteiger partial charge >= 0.3 is 0 Å². The fraction of sp³-hybridized carbons (Fsp3) is 0.200. The van der Waals surface area contributed by atoms with Crippen LogP contribution in [0.25, 0.3) is 0 Å². The van der Waals surface area contributed by atoms with Gasteiger partial charge in [-0.15, -0.1) is 11.8 Å². The van der Waals surface area contributed by atoms with E-state index in [1.165, 1.54) is 10.5 Å².